The van der Waals surface area contributed by atoms with Crippen molar-refractivity contribution in [3.63, 3.8) is 0 Å². The smallest absolute Gasteiger partial charge is 0.263 e. The van der Waals surface area contributed by atoms with Crippen molar-refractivity contribution in [2.75, 3.05) is 4.72 Å². The van der Waals surface area contributed by atoms with Crippen LogP contribution in [0.4, 0.5) is 9.52 Å². The molecule has 0 atom stereocenters. The number of hydrogen-bond donors (Lipinski definition) is 1. The quantitative estimate of drug-likeness (QED) is 0.409. The number of nitriles is 1. The molecule has 4 rings (SSSR count). The molecule has 0 fully saturated rings. The van der Waals surface area contributed by atoms with Crippen molar-refractivity contribution in [2.45, 2.75) is 4.90 Å². The van der Waals surface area contributed by atoms with Crippen molar-refractivity contribution >= 4 is 26.7 Å². The van der Waals surface area contributed by atoms with Crippen LogP contribution < -0.4 is 14.2 Å². The Labute approximate surface area is 186 Å². The molecular weight excluding hydrogens is 455 g/mol. The normalized spacial score (nSPS) is 10.9. The maximum Gasteiger partial charge on any atom is 0.263 e. The van der Waals surface area contributed by atoms with Crippen LogP contribution in [0.25, 0.3) is 0 Å². The summed E-state index contributed by atoms with van der Waals surface area (Å²) < 4.78 is 56.5. The van der Waals surface area contributed by atoms with Gasteiger partial charge in [0.05, 0.1) is 10.5 Å². The van der Waals surface area contributed by atoms with E-state index in [1.807, 2.05) is 12.1 Å². The fraction of sp³-hybridized carbons (Fsp3) is 0. The van der Waals surface area contributed by atoms with E-state index >= 15 is 0 Å². The highest BCUT2D eigenvalue weighted by molar-refractivity contribution is 7.93. The van der Waals surface area contributed by atoms with Gasteiger partial charge in [-0.15, -0.1) is 0 Å². The second kappa shape index (κ2) is 9.01. The van der Waals surface area contributed by atoms with Crippen LogP contribution >= 0.6 is 11.5 Å². The minimum Gasteiger partial charge on any atom is -0.453 e. The first kappa shape index (κ1) is 21.2. The van der Waals surface area contributed by atoms with E-state index in [1.54, 1.807) is 24.3 Å². The Morgan fingerprint density at radius 1 is 0.969 bits per heavy atom. The highest BCUT2D eigenvalue weighted by Crippen LogP contribution is 2.37. The molecule has 8 nitrogen and oxygen atoms in total. The fourth-order valence-corrected chi connectivity index (χ4v) is 4.31. The van der Waals surface area contributed by atoms with Gasteiger partial charge in [0, 0.05) is 17.6 Å². The summed E-state index contributed by atoms with van der Waals surface area (Å²) in [6.07, 6.45) is 1.22. The van der Waals surface area contributed by atoms with Crippen molar-refractivity contribution in [1.29, 1.82) is 5.26 Å². The molecule has 1 heterocycles. The second-order valence-corrected chi connectivity index (χ2v) is 8.69. The minimum absolute atomic E-state index is 0.0212. The molecular formula is C21H13FN4O4S2. The second-order valence-electron chi connectivity index (χ2n) is 6.23. The Hall–Kier alpha value is -4.01. The van der Waals surface area contributed by atoms with Gasteiger partial charge in [-0.2, -0.15) is 9.64 Å². The maximum absolute atomic E-state index is 13.9. The van der Waals surface area contributed by atoms with Crippen LogP contribution in [-0.2, 0) is 10.0 Å². The van der Waals surface area contributed by atoms with Gasteiger partial charge < -0.3 is 9.47 Å². The van der Waals surface area contributed by atoms with E-state index < -0.39 is 15.8 Å². The first-order chi connectivity index (χ1) is 15.4. The molecule has 0 radical (unpaired) electrons. The summed E-state index contributed by atoms with van der Waals surface area (Å²) in [6, 6.07) is 18.2. The molecule has 11 heteroatoms. The SMILES string of the molecule is N#Cc1cc(S(=O)(=O)Nc2ncns2)ccc1Oc1cc(F)ccc1Oc1ccccc1. The molecule has 3 aromatic carbocycles. The fourth-order valence-electron chi connectivity index (χ4n) is 2.62. The van der Waals surface area contributed by atoms with Crippen LogP contribution in [-0.4, -0.2) is 17.8 Å². The predicted octanol–water partition coefficient (Wildman–Crippen LogP) is 4.93. The average molecular weight is 468 g/mol. The van der Waals surface area contributed by atoms with Gasteiger partial charge in [-0.3, -0.25) is 4.72 Å². The maximum atomic E-state index is 13.9. The number of nitrogens with zero attached hydrogens (tertiary/aromatic N) is 3. The molecule has 0 amide bonds. The van der Waals surface area contributed by atoms with Crippen LogP contribution in [0.2, 0.25) is 0 Å². The van der Waals surface area contributed by atoms with Crippen molar-refractivity contribution in [3.8, 4) is 29.1 Å². The molecule has 0 aliphatic rings. The van der Waals surface area contributed by atoms with Gasteiger partial charge in [-0.05, 0) is 42.5 Å². The lowest BCUT2D eigenvalue weighted by Gasteiger charge is -2.14. The van der Waals surface area contributed by atoms with Crippen LogP contribution in [0, 0.1) is 17.1 Å². The molecule has 1 N–H and O–H groups in total. The van der Waals surface area contributed by atoms with Gasteiger partial charge in [0.15, 0.2) is 11.5 Å². The highest BCUT2D eigenvalue weighted by atomic mass is 32.2. The molecule has 4 aromatic rings. The van der Waals surface area contributed by atoms with Crippen LogP contribution in [0.1, 0.15) is 5.56 Å². The van der Waals surface area contributed by atoms with E-state index in [2.05, 4.69) is 14.1 Å². The first-order valence-electron chi connectivity index (χ1n) is 8.98. The van der Waals surface area contributed by atoms with E-state index in [1.165, 1.54) is 30.6 Å². The van der Waals surface area contributed by atoms with Gasteiger partial charge in [-0.25, -0.2) is 17.8 Å². The van der Waals surface area contributed by atoms with Gasteiger partial charge in [0.25, 0.3) is 10.0 Å². The summed E-state index contributed by atoms with van der Waals surface area (Å²) in [5, 5.41) is 9.62. The number of benzene rings is 3. The van der Waals surface area contributed by atoms with Crippen LogP contribution in [0.5, 0.6) is 23.0 Å². The zero-order valence-electron chi connectivity index (χ0n) is 16.1. The van der Waals surface area contributed by atoms with Crippen molar-refractivity contribution in [2.24, 2.45) is 0 Å². The molecule has 0 unspecified atom stereocenters. The topological polar surface area (TPSA) is 114 Å². The number of aromatic nitrogens is 2. The Balaban J connectivity index is 1.64. The standard InChI is InChI=1S/C21H13FN4O4S2/c22-15-6-8-19(29-16-4-2-1-3-5-16)20(11-15)30-18-9-7-17(10-14(18)12-23)32(27,28)26-21-24-13-25-31-21/h1-11,13H,(H,24,25,26). The molecule has 0 saturated heterocycles. The lowest BCUT2D eigenvalue weighted by atomic mass is 10.2. The number of rotatable bonds is 7. The molecule has 1 aromatic heterocycles. The summed E-state index contributed by atoms with van der Waals surface area (Å²) in [6.45, 7) is 0. The molecule has 32 heavy (non-hydrogen) atoms. The van der Waals surface area contributed by atoms with E-state index in [-0.39, 0.29) is 32.8 Å². The number of para-hydroxylation sites is 1. The number of nitrogens with one attached hydrogen (secondary N) is 1. The molecule has 0 spiro atoms. The third-order valence-corrected chi connectivity index (χ3v) is 6.11. The third kappa shape index (κ3) is 4.83. The zero-order chi connectivity index (χ0) is 22.6. The first-order valence-corrected chi connectivity index (χ1v) is 11.2. The highest BCUT2D eigenvalue weighted by Gasteiger charge is 2.19. The number of ether oxygens (including phenoxy) is 2. The molecule has 0 saturated carbocycles. The van der Waals surface area contributed by atoms with Crippen molar-refractivity contribution < 1.29 is 22.3 Å². The average Bonchev–Trinajstić information content (AvgIpc) is 3.29. The number of anilines is 1. The predicted molar refractivity (Wildman–Crippen MR) is 115 cm³/mol. The molecule has 0 bridgehead atoms. The van der Waals surface area contributed by atoms with E-state index in [0.717, 1.165) is 23.7 Å². The van der Waals surface area contributed by atoms with E-state index in [0.29, 0.717) is 5.75 Å². The van der Waals surface area contributed by atoms with Crippen molar-refractivity contribution in [3.05, 3.63) is 84.4 Å². The van der Waals surface area contributed by atoms with Gasteiger partial charge >= 0.3 is 0 Å². The summed E-state index contributed by atoms with van der Waals surface area (Å²) in [7, 11) is -3.99. The lowest BCUT2D eigenvalue weighted by Crippen LogP contribution is -2.13. The van der Waals surface area contributed by atoms with Gasteiger partial charge in [0.1, 0.15) is 29.7 Å². The van der Waals surface area contributed by atoms with Crippen LogP contribution in [0.15, 0.2) is 78.0 Å². The number of sulfonamides is 1. The lowest BCUT2D eigenvalue weighted by molar-refractivity contribution is 0.414. The van der Waals surface area contributed by atoms with E-state index in [4.69, 9.17) is 9.47 Å². The van der Waals surface area contributed by atoms with E-state index in [9.17, 15) is 18.1 Å². The monoisotopic (exact) mass is 468 g/mol. The summed E-state index contributed by atoms with van der Waals surface area (Å²) in [5.41, 5.74) is -0.0694. The minimum atomic E-state index is -3.99. The largest absolute Gasteiger partial charge is 0.453 e. The molecule has 0 aliphatic heterocycles. The summed E-state index contributed by atoms with van der Waals surface area (Å²) in [5.74, 6) is 0.211. The van der Waals surface area contributed by atoms with Gasteiger partial charge in [-0.1, -0.05) is 18.2 Å². The Bertz CT molecular complexity index is 1390. The molecule has 160 valence electrons. The zero-order valence-corrected chi connectivity index (χ0v) is 17.7. The Morgan fingerprint density at radius 3 is 2.47 bits per heavy atom. The number of halogens is 1. The Morgan fingerprint density at radius 2 is 1.75 bits per heavy atom. The Kier molecular flexibility index (Phi) is 5.98. The third-order valence-electron chi connectivity index (χ3n) is 4.06. The summed E-state index contributed by atoms with van der Waals surface area (Å²) in [4.78, 5) is 3.60. The van der Waals surface area contributed by atoms with Gasteiger partial charge in [0.2, 0.25) is 5.13 Å². The molecule has 0 aliphatic carbocycles. The summed E-state index contributed by atoms with van der Waals surface area (Å²) >= 11 is 0.872. The van der Waals surface area contributed by atoms with Crippen LogP contribution in [0.3, 0.4) is 0 Å². The van der Waals surface area contributed by atoms with Crippen molar-refractivity contribution in [1.82, 2.24) is 9.36 Å². The number of hydrogen-bond acceptors (Lipinski definition) is 8.